The normalized spacial score (nSPS) is 25.7. The summed E-state index contributed by atoms with van der Waals surface area (Å²) in [4.78, 5) is 0. The lowest BCUT2D eigenvalue weighted by Crippen LogP contribution is -2.29. The highest BCUT2D eigenvalue weighted by Crippen LogP contribution is 2.33. The van der Waals surface area contributed by atoms with Crippen LogP contribution in [0.2, 0.25) is 0 Å². The van der Waals surface area contributed by atoms with E-state index < -0.39 is 0 Å². The van der Waals surface area contributed by atoms with E-state index in [1.807, 2.05) is 0 Å². The second kappa shape index (κ2) is 5.01. The van der Waals surface area contributed by atoms with Gasteiger partial charge in [-0.2, -0.15) is 0 Å². The lowest BCUT2D eigenvalue weighted by molar-refractivity contribution is 0.358. The molecule has 1 aliphatic carbocycles. The molecule has 0 radical (unpaired) electrons. The molecule has 1 aromatic rings. The van der Waals surface area contributed by atoms with Crippen molar-refractivity contribution in [3.05, 3.63) is 34.9 Å². The summed E-state index contributed by atoms with van der Waals surface area (Å²) >= 11 is 0. The first-order chi connectivity index (χ1) is 7.70. The maximum absolute atomic E-state index is 3.40. The Bertz CT molecular complexity index is 348. The quantitative estimate of drug-likeness (QED) is 0.799. The number of nitrogens with one attached hydrogen (secondary N) is 1. The molecular weight excluding hydrogens is 194 g/mol. The smallest absolute Gasteiger partial charge is 0.00644 e. The van der Waals surface area contributed by atoms with Crippen LogP contribution in [0.15, 0.2) is 18.2 Å². The van der Waals surface area contributed by atoms with Gasteiger partial charge in [0, 0.05) is 6.04 Å². The fourth-order valence-electron chi connectivity index (χ4n) is 2.73. The summed E-state index contributed by atoms with van der Waals surface area (Å²) in [5.41, 5.74) is 4.40. The largest absolute Gasteiger partial charge is 0.317 e. The van der Waals surface area contributed by atoms with E-state index in [9.17, 15) is 0 Å². The lowest BCUT2D eigenvalue weighted by atomic mass is 9.81. The SMILES string of the molecule is CNC1CCC(c2ccc(C)c(C)c2)CC1. The molecule has 0 aliphatic heterocycles. The van der Waals surface area contributed by atoms with Crippen LogP contribution in [0.25, 0.3) is 0 Å². The van der Waals surface area contributed by atoms with Gasteiger partial charge in [-0.3, -0.25) is 0 Å². The van der Waals surface area contributed by atoms with Crippen molar-refractivity contribution in [3.63, 3.8) is 0 Å². The van der Waals surface area contributed by atoms with Gasteiger partial charge in [-0.25, -0.2) is 0 Å². The number of aryl methyl sites for hydroxylation is 2. The number of hydrogen-bond donors (Lipinski definition) is 1. The predicted molar refractivity (Wildman–Crippen MR) is 70.0 cm³/mol. The minimum atomic E-state index is 0.753. The fraction of sp³-hybridized carbons (Fsp3) is 0.600. The molecule has 16 heavy (non-hydrogen) atoms. The van der Waals surface area contributed by atoms with Crippen molar-refractivity contribution in [2.24, 2.45) is 0 Å². The van der Waals surface area contributed by atoms with Gasteiger partial charge in [0.2, 0.25) is 0 Å². The van der Waals surface area contributed by atoms with Crippen molar-refractivity contribution in [1.82, 2.24) is 5.32 Å². The van der Waals surface area contributed by atoms with Crippen LogP contribution in [-0.4, -0.2) is 13.1 Å². The highest BCUT2D eigenvalue weighted by molar-refractivity contribution is 5.32. The number of rotatable bonds is 2. The van der Waals surface area contributed by atoms with E-state index in [0.717, 1.165) is 12.0 Å². The Labute approximate surface area is 99.3 Å². The summed E-state index contributed by atoms with van der Waals surface area (Å²) in [5, 5.41) is 3.40. The predicted octanol–water partition coefficient (Wildman–Crippen LogP) is 3.55. The summed E-state index contributed by atoms with van der Waals surface area (Å²) in [6.45, 7) is 4.41. The molecule has 1 saturated carbocycles. The maximum atomic E-state index is 3.40. The second-order valence-corrected chi connectivity index (χ2v) is 5.18. The molecular formula is C15H23N. The van der Waals surface area contributed by atoms with Crippen molar-refractivity contribution in [1.29, 1.82) is 0 Å². The number of hydrogen-bond acceptors (Lipinski definition) is 1. The Balaban J connectivity index is 2.05. The Morgan fingerprint density at radius 1 is 1.00 bits per heavy atom. The van der Waals surface area contributed by atoms with Crippen LogP contribution in [0, 0.1) is 13.8 Å². The molecule has 0 saturated heterocycles. The summed E-state index contributed by atoms with van der Waals surface area (Å²) in [6.07, 6.45) is 5.34. The van der Waals surface area contributed by atoms with Crippen LogP contribution in [0.5, 0.6) is 0 Å². The van der Waals surface area contributed by atoms with Gasteiger partial charge in [-0.05, 0) is 69.2 Å². The molecule has 1 nitrogen and oxygen atoms in total. The minimum absolute atomic E-state index is 0.753. The van der Waals surface area contributed by atoms with E-state index in [1.54, 1.807) is 5.56 Å². The Morgan fingerprint density at radius 2 is 1.69 bits per heavy atom. The van der Waals surface area contributed by atoms with E-state index in [2.05, 4.69) is 44.4 Å². The topological polar surface area (TPSA) is 12.0 Å². The van der Waals surface area contributed by atoms with Gasteiger partial charge in [0.15, 0.2) is 0 Å². The third-order valence-electron chi connectivity index (χ3n) is 4.14. The van der Waals surface area contributed by atoms with Gasteiger partial charge in [0.1, 0.15) is 0 Å². The molecule has 2 rings (SSSR count). The van der Waals surface area contributed by atoms with Crippen molar-refractivity contribution >= 4 is 0 Å². The molecule has 0 atom stereocenters. The first-order valence-electron chi connectivity index (χ1n) is 6.45. The number of benzene rings is 1. The van der Waals surface area contributed by atoms with Gasteiger partial charge in [-0.1, -0.05) is 18.2 Å². The molecule has 1 heteroatoms. The highest BCUT2D eigenvalue weighted by Gasteiger charge is 2.21. The molecule has 1 N–H and O–H groups in total. The second-order valence-electron chi connectivity index (χ2n) is 5.18. The van der Waals surface area contributed by atoms with E-state index in [0.29, 0.717) is 0 Å². The lowest BCUT2D eigenvalue weighted by Gasteiger charge is -2.28. The van der Waals surface area contributed by atoms with Gasteiger partial charge < -0.3 is 5.32 Å². The molecule has 0 aromatic heterocycles. The van der Waals surface area contributed by atoms with Crippen LogP contribution in [0.3, 0.4) is 0 Å². The van der Waals surface area contributed by atoms with Crippen molar-refractivity contribution < 1.29 is 0 Å². The molecule has 88 valence electrons. The van der Waals surface area contributed by atoms with Gasteiger partial charge in [-0.15, -0.1) is 0 Å². The standard InChI is InChI=1S/C15H23N/c1-11-4-5-14(10-12(11)2)13-6-8-15(16-3)9-7-13/h4-5,10,13,15-16H,6-9H2,1-3H3. The van der Waals surface area contributed by atoms with Gasteiger partial charge in [0.05, 0.1) is 0 Å². The van der Waals surface area contributed by atoms with Crippen LogP contribution in [-0.2, 0) is 0 Å². The average molecular weight is 217 g/mol. The zero-order valence-corrected chi connectivity index (χ0v) is 10.7. The van der Waals surface area contributed by atoms with Crippen LogP contribution < -0.4 is 5.32 Å². The van der Waals surface area contributed by atoms with Crippen molar-refractivity contribution in [3.8, 4) is 0 Å². The van der Waals surface area contributed by atoms with Crippen LogP contribution >= 0.6 is 0 Å². The van der Waals surface area contributed by atoms with Crippen molar-refractivity contribution in [2.75, 3.05) is 7.05 Å². The summed E-state index contributed by atoms with van der Waals surface area (Å²) in [6, 6.07) is 7.74. The van der Waals surface area contributed by atoms with E-state index in [4.69, 9.17) is 0 Å². The molecule has 0 bridgehead atoms. The first kappa shape index (κ1) is 11.7. The zero-order chi connectivity index (χ0) is 11.5. The Hall–Kier alpha value is -0.820. The monoisotopic (exact) mass is 217 g/mol. The molecule has 0 unspecified atom stereocenters. The van der Waals surface area contributed by atoms with E-state index in [1.165, 1.54) is 36.8 Å². The summed E-state index contributed by atoms with van der Waals surface area (Å²) in [5.74, 6) is 0.795. The molecule has 1 fully saturated rings. The molecule has 0 amide bonds. The Kier molecular flexibility index (Phi) is 3.65. The molecule has 1 aromatic carbocycles. The Morgan fingerprint density at radius 3 is 2.25 bits per heavy atom. The highest BCUT2D eigenvalue weighted by atomic mass is 14.9. The molecule has 1 aliphatic rings. The first-order valence-corrected chi connectivity index (χ1v) is 6.45. The average Bonchev–Trinajstić information content (AvgIpc) is 2.33. The maximum Gasteiger partial charge on any atom is 0.00644 e. The summed E-state index contributed by atoms with van der Waals surface area (Å²) < 4.78 is 0. The summed E-state index contributed by atoms with van der Waals surface area (Å²) in [7, 11) is 2.08. The minimum Gasteiger partial charge on any atom is -0.317 e. The molecule has 0 spiro atoms. The third kappa shape index (κ3) is 2.46. The fourth-order valence-corrected chi connectivity index (χ4v) is 2.73. The van der Waals surface area contributed by atoms with E-state index >= 15 is 0 Å². The third-order valence-corrected chi connectivity index (χ3v) is 4.14. The van der Waals surface area contributed by atoms with E-state index in [-0.39, 0.29) is 0 Å². The van der Waals surface area contributed by atoms with Crippen molar-refractivity contribution in [2.45, 2.75) is 51.5 Å². The van der Waals surface area contributed by atoms with Crippen LogP contribution in [0.4, 0.5) is 0 Å². The van der Waals surface area contributed by atoms with Gasteiger partial charge >= 0.3 is 0 Å². The zero-order valence-electron chi connectivity index (χ0n) is 10.7. The van der Waals surface area contributed by atoms with Gasteiger partial charge in [0.25, 0.3) is 0 Å². The van der Waals surface area contributed by atoms with Crippen LogP contribution in [0.1, 0.15) is 48.3 Å². The molecule has 0 heterocycles.